The van der Waals surface area contributed by atoms with Crippen molar-refractivity contribution in [2.24, 2.45) is 0 Å². The summed E-state index contributed by atoms with van der Waals surface area (Å²) in [4.78, 5) is 2.19. The predicted molar refractivity (Wildman–Crippen MR) is 123 cm³/mol. The van der Waals surface area contributed by atoms with Crippen LogP contribution in [0.3, 0.4) is 0 Å². The van der Waals surface area contributed by atoms with Crippen molar-refractivity contribution >= 4 is 15.7 Å². The Morgan fingerprint density at radius 2 is 1.87 bits per heavy atom. The van der Waals surface area contributed by atoms with Crippen molar-refractivity contribution < 1.29 is 18.6 Å². The average Bonchev–Trinajstić information content (AvgIpc) is 3.05. The average molecular weight is 445 g/mol. The van der Waals surface area contributed by atoms with Crippen molar-refractivity contribution in [1.82, 2.24) is 4.90 Å². The van der Waals surface area contributed by atoms with E-state index in [0.717, 1.165) is 22.3 Å². The number of hydrogen-bond acceptors (Lipinski definition) is 5. The van der Waals surface area contributed by atoms with Crippen molar-refractivity contribution in [3.8, 4) is 0 Å². The minimum absolute atomic E-state index is 0.112. The van der Waals surface area contributed by atoms with Gasteiger partial charge < -0.3 is 15.1 Å². The van der Waals surface area contributed by atoms with Gasteiger partial charge in [-0.3, -0.25) is 4.31 Å². The van der Waals surface area contributed by atoms with Gasteiger partial charge in [0.15, 0.2) is 0 Å². The van der Waals surface area contributed by atoms with Crippen molar-refractivity contribution in [1.29, 1.82) is 0 Å². The molecule has 2 aliphatic rings. The van der Waals surface area contributed by atoms with Crippen LogP contribution < -0.4 is 4.31 Å². The van der Waals surface area contributed by atoms with Crippen LogP contribution >= 0.6 is 0 Å². The quantitative estimate of drug-likeness (QED) is 0.741. The van der Waals surface area contributed by atoms with Crippen LogP contribution in [0.1, 0.15) is 48.1 Å². The number of aliphatic hydroxyl groups excluding tert-OH is 1. The fraction of sp³-hybridized carbons (Fsp3) is 0.500. The Balaban J connectivity index is 1.41. The highest BCUT2D eigenvalue weighted by atomic mass is 32.2. The molecule has 2 unspecified atom stereocenters. The fourth-order valence-electron chi connectivity index (χ4n) is 5.01. The minimum atomic E-state index is -3.32. The molecule has 2 aliphatic heterocycles. The normalized spacial score (nSPS) is 22.4. The molecule has 0 aliphatic carbocycles. The van der Waals surface area contributed by atoms with E-state index in [1.165, 1.54) is 10.6 Å². The molecular weight excluding hydrogens is 412 g/mol. The third kappa shape index (κ3) is 4.51. The number of benzene rings is 2. The van der Waals surface area contributed by atoms with Gasteiger partial charge in [-0.2, -0.15) is 0 Å². The van der Waals surface area contributed by atoms with Gasteiger partial charge in [0.1, 0.15) is 0 Å². The zero-order valence-corrected chi connectivity index (χ0v) is 19.3. The fourth-order valence-corrected chi connectivity index (χ4v) is 6.28. The zero-order chi connectivity index (χ0) is 22.4. The van der Waals surface area contributed by atoms with Gasteiger partial charge in [-0.1, -0.05) is 42.0 Å². The lowest BCUT2D eigenvalue weighted by atomic mass is 9.83. The number of nitrogens with zero attached hydrogens (tertiary/aromatic N) is 2. The largest absolute Gasteiger partial charge is 0.387 e. The second-order valence-corrected chi connectivity index (χ2v) is 11.1. The van der Waals surface area contributed by atoms with Crippen LogP contribution in [-0.2, 0) is 22.0 Å². The highest BCUT2D eigenvalue weighted by Crippen LogP contribution is 2.37. The summed E-state index contributed by atoms with van der Waals surface area (Å²) in [6.45, 7) is 5.86. The third-order valence-corrected chi connectivity index (χ3v) is 7.94. The maximum absolute atomic E-state index is 12.1. The van der Waals surface area contributed by atoms with Crippen LogP contribution in [0.25, 0.3) is 0 Å². The standard InChI is InChI=1S/C24H32N2O4S/c1-17-5-4-6-21(13-17)24(28)9-11-25(12-10-24)16-23(27)19-7-8-22-20(15-19)14-18(2)26(22)31(3,29)30/h4-8,13,15,18,23,27-28H,9-12,14,16H2,1-3H3. The Morgan fingerprint density at radius 3 is 2.52 bits per heavy atom. The molecule has 2 heterocycles. The molecule has 7 heteroatoms. The molecule has 0 saturated carbocycles. The van der Waals surface area contributed by atoms with Gasteiger partial charge in [-0.25, -0.2) is 8.42 Å². The number of aliphatic hydroxyl groups is 2. The van der Waals surface area contributed by atoms with Crippen molar-refractivity contribution in [2.75, 3.05) is 30.2 Å². The van der Waals surface area contributed by atoms with Gasteiger partial charge in [0.2, 0.25) is 10.0 Å². The van der Waals surface area contributed by atoms with Gasteiger partial charge in [-0.15, -0.1) is 0 Å². The second kappa shape index (κ2) is 8.20. The van der Waals surface area contributed by atoms with E-state index in [2.05, 4.69) is 11.0 Å². The molecule has 2 aromatic carbocycles. The van der Waals surface area contributed by atoms with Crippen LogP contribution in [0.4, 0.5) is 5.69 Å². The van der Waals surface area contributed by atoms with E-state index in [4.69, 9.17) is 0 Å². The lowest BCUT2D eigenvalue weighted by Gasteiger charge is -2.39. The van der Waals surface area contributed by atoms with E-state index in [0.29, 0.717) is 44.6 Å². The summed E-state index contributed by atoms with van der Waals surface area (Å²) in [5.74, 6) is 0. The number of sulfonamides is 1. The van der Waals surface area contributed by atoms with Crippen LogP contribution in [-0.4, -0.2) is 55.5 Å². The summed E-state index contributed by atoms with van der Waals surface area (Å²) in [6, 6.07) is 13.5. The Kier molecular flexibility index (Phi) is 5.89. The van der Waals surface area contributed by atoms with Gasteiger partial charge >= 0.3 is 0 Å². The smallest absolute Gasteiger partial charge is 0.232 e. The summed E-state index contributed by atoms with van der Waals surface area (Å²) in [7, 11) is -3.32. The van der Waals surface area contributed by atoms with E-state index in [-0.39, 0.29) is 6.04 Å². The Bertz CT molecular complexity index is 1060. The molecule has 0 radical (unpaired) electrons. The first-order valence-electron chi connectivity index (χ1n) is 10.9. The van der Waals surface area contributed by atoms with Crippen LogP contribution in [0.2, 0.25) is 0 Å². The number of likely N-dealkylation sites (tertiary alicyclic amines) is 1. The maximum atomic E-state index is 12.1. The van der Waals surface area contributed by atoms with E-state index in [1.807, 2.05) is 50.2 Å². The molecule has 2 aromatic rings. The molecule has 31 heavy (non-hydrogen) atoms. The zero-order valence-electron chi connectivity index (χ0n) is 18.5. The number of aryl methyl sites for hydroxylation is 1. The Morgan fingerprint density at radius 1 is 1.16 bits per heavy atom. The lowest BCUT2D eigenvalue weighted by molar-refractivity contribution is -0.0345. The van der Waals surface area contributed by atoms with Crippen LogP contribution in [0.5, 0.6) is 0 Å². The second-order valence-electron chi connectivity index (χ2n) is 9.22. The van der Waals surface area contributed by atoms with Crippen molar-refractivity contribution in [2.45, 2.75) is 50.9 Å². The lowest BCUT2D eigenvalue weighted by Crippen LogP contribution is -2.44. The number of hydrogen-bond donors (Lipinski definition) is 2. The molecule has 168 valence electrons. The number of anilines is 1. The monoisotopic (exact) mass is 444 g/mol. The van der Waals surface area contributed by atoms with Crippen LogP contribution in [0.15, 0.2) is 42.5 Å². The highest BCUT2D eigenvalue weighted by Gasteiger charge is 2.35. The molecular formula is C24H32N2O4S. The molecule has 6 nitrogen and oxygen atoms in total. The van der Waals surface area contributed by atoms with Gasteiger partial charge in [0.05, 0.1) is 23.6 Å². The van der Waals surface area contributed by atoms with Gasteiger partial charge in [0, 0.05) is 25.7 Å². The summed E-state index contributed by atoms with van der Waals surface area (Å²) >= 11 is 0. The first-order valence-corrected chi connectivity index (χ1v) is 12.7. The summed E-state index contributed by atoms with van der Waals surface area (Å²) in [5.41, 5.74) is 3.78. The van der Waals surface area contributed by atoms with E-state index in [9.17, 15) is 18.6 Å². The number of rotatable bonds is 5. The Hall–Kier alpha value is -1.93. The summed E-state index contributed by atoms with van der Waals surface area (Å²) < 4.78 is 25.7. The predicted octanol–water partition coefficient (Wildman–Crippen LogP) is 2.72. The van der Waals surface area contributed by atoms with E-state index >= 15 is 0 Å². The number of fused-ring (bicyclic) bond motifs is 1. The van der Waals surface area contributed by atoms with Gasteiger partial charge in [0.25, 0.3) is 0 Å². The topological polar surface area (TPSA) is 81.1 Å². The summed E-state index contributed by atoms with van der Waals surface area (Å²) in [5, 5.41) is 22.0. The van der Waals surface area contributed by atoms with Crippen LogP contribution in [0, 0.1) is 6.92 Å². The molecule has 2 N–H and O–H groups in total. The molecule has 4 rings (SSSR count). The minimum Gasteiger partial charge on any atom is -0.387 e. The molecule has 0 aromatic heterocycles. The molecule has 0 amide bonds. The number of β-amino-alcohol motifs (C(OH)–C–C–N with tert-alkyl or cyclic N) is 1. The first-order chi connectivity index (χ1) is 14.6. The Labute approximate surface area is 185 Å². The van der Waals surface area contributed by atoms with Crippen molar-refractivity contribution in [3.05, 3.63) is 64.7 Å². The molecule has 0 bridgehead atoms. The van der Waals surface area contributed by atoms with Crippen molar-refractivity contribution in [3.63, 3.8) is 0 Å². The number of piperidine rings is 1. The maximum Gasteiger partial charge on any atom is 0.232 e. The third-order valence-electron chi connectivity index (χ3n) is 6.67. The summed E-state index contributed by atoms with van der Waals surface area (Å²) in [6.07, 6.45) is 2.49. The first kappa shape index (κ1) is 22.3. The molecule has 1 saturated heterocycles. The molecule has 1 fully saturated rings. The van der Waals surface area contributed by atoms with E-state index in [1.54, 1.807) is 0 Å². The molecule has 2 atom stereocenters. The SMILES string of the molecule is Cc1cccc(C2(O)CCN(CC(O)c3ccc4c(c3)CC(C)N4S(C)(=O)=O)CC2)c1. The van der Waals surface area contributed by atoms with Gasteiger partial charge in [-0.05, 0) is 55.9 Å². The molecule has 0 spiro atoms. The van der Waals surface area contributed by atoms with E-state index < -0.39 is 21.7 Å². The highest BCUT2D eigenvalue weighted by molar-refractivity contribution is 7.92.